The molecule has 6 nitrogen and oxygen atoms in total. The zero-order valence-corrected chi connectivity index (χ0v) is 12.4. The molecule has 2 aromatic rings. The first-order valence-electron chi connectivity index (χ1n) is 6.77. The van der Waals surface area contributed by atoms with Crippen molar-refractivity contribution in [2.24, 2.45) is 0 Å². The molecule has 0 aliphatic rings. The lowest BCUT2D eigenvalue weighted by molar-refractivity contribution is 0.102. The molecule has 1 heterocycles. The highest BCUT2D eigenvalue weighted by molar-refractivity contribution is 6.04. The summed E-state index contributed by atoms with van der Waals surface area (Å²) in [4.78, 5) is 14.1. The number of anilines is 3. The number of rotatable bonds is 5. The number of carbonyl (C=O) groups excluding carboxylic acids is 1. The van der Waals surface area contributed by atoms with Crippen LogP contribution in [-0.4, -0.2) is 36.7 Å². The quantitative estimate of drug-likeness (QED) is 0.881. The van der Waals surface area contributed by atoms with Gasteiger partial charge in [-0.15, -0.1) is 10.2 Å². The zero-order valence-electron chi connectivity index (χ0n) is 12.4. The molecule has 0 radical (unpaired) electrons. The fraction of sp³-hybridized carbons (Fsp3) is 0.267. The molecule has 1 aromatic carbocycles. The van der Waals surface area contributed by atoms with E-state index in [2.05, 4.69) is 20.8 Å². The van der Waals surface area contributed by atoms with E-state index in [1.54, 1.807) is 12.1 Å². The highest BCUT2D eigenvalue weighted by Crippen LogP contribution is 2.23. The van der Waals surface area contributed by atoms with Crippen LogP contribution in [0.4, 0.5) is 17.2 Å². The van der Waals surface area contributed by atoms with Crippen molar-refractivity contribution in [2.45, 2.75) is 6.92 Å². The smallest absolute Gasteiger partial charge is 0.276 e. The van der Waals surface area contributed by atoms with Gasteiger partial charge in [0, 0.05) is 20.6 Å². The minimum absolute atomic E-state index is 0.278. The maximum absolute atomic E-state index is 12.2. The Morgan fingerprint density at radius 1 is 1.14 bits per heavy atom. The van der Waals surface area contributed by atoms with E-state index in [1.165, 1.54) is 0 Å². The Bertz CT molecular complexity index is 610. The van der Waals surface area contributed by atoms with E-state index in [0.29, 0.717) is 5.82 Å². The number of nitrogens with one attached hydrogen (secondary N) is 2. The van der Waals surface area contributed by atoms with Crippen molar-refractivity contribution >= 4 is 23.1 Å². The third kappa shape index (κ3) is 3.68. The minimum Gasteiger partial charge on any atom is -0.376 e. The summed E-state index contributed by atoms with van der Waals surface area (Å²) in [7, 11) is 3.85. The van der Waals surface area contributed by atoms with Gasteiger partial charge in [0.2, 0.25) is 0 Å². The van der Waals surface area contributed by atoms with Crippen LogP contribution in [0.3, 0.4) is 0 Å². The predicted molar refractivity (Wildman–Crippen MR) is 84.9 cm³/mol. The molecule has 1 amide bonds. The molecule has 110 valence electrons. The van der Waals surface area contributed by atoms with Gasteiger partial charge in [-0.2, -0.15) is 0 Å². The van der Waals surface area contributed by atoms with Gasteiger partial charge in [-0.1, -0.05) is 12.1 Å². The second kappa shape index (κ2) is 6.69. The number of hydrogen-bond donors (Lipinski definition) is 2. The summed E-state index contributed by atoms with van der Waals surface area (Å²) in [5.41, 5.74) is 1.96. The van der Waals surface area contributed by atoms with Gasteiger partial charge in [-0.3, -0.25) is 4.79 Å². The van der Waals surface area contributed by atoms with Crippen LogP contribution in [0.2, 0.25) is 0 Å². The summed E-state index contributed by atoms with van der Waals surface area (Å²) in [6.07, 6.45) is 0. The van der Waals surface area contributed by atoms with Crippen molar-refractivity contribution in [1.29, 1.82) is 0 Å². The van der Waals surface area contributed by atoms with Crippen molar-refractivity contribution in [3.63, 3.8) is 0 Å². The molecule has 0 aliphatic carbocycles. The first-order valence-corrected chi connectivity index (χ1v) is 6.77. The number of aromatic nitrogens is 2. The molecular weight excluding hydrogens is 266 g/mol. The molecule has 0 atom stereocenters. The number of para-hydroxylation sites is 2. The number of carbonyl (C=O) groups is 1. The molecule has 0 bridgehead atoms. The Balaban J connectivity index is 2.14. The van der Waals surface area contributed by atoms with Gasteiger partial charge < -0.3 is 15.5 Å². The fourth-order valence-corrected chi connectivity index (χ4v) is 1.88. The van der Waals surface area contributed by atoms with Crippen LogP contribution in [0.1, 0.15) is 17.4 Å². The second-order valence-electron chi connectivity index (χ2n) is 4.70. The van der Waals surface area contributed by atoms with E-state index in [4.69, 9.17) is 0 Å². The molecule has 0 saturated carbocycles. The molecule has 0 aliphatic heterocycles. The number of amides is 1. The standard InChI is InChI=1S/C15H19N5O/c1-4-16-14-10-9-12(18-19-14)15(21)17-11-7-5-6-8-13(11)20(2)3/h5-10H,4H2,1-3H3,(H,16,19)(H,17,21). The van der Waals surface area contributed by atoms with Crippen LogP contribution in [-0.2, 0) is 0 Å². The lowest BCUT2D eigenvalue weighted by Gasteiger charge is -2.17. The summed E-state index contributed by atoms with van der Waals surface area (Å²) in [6.45, 7) is 2.73. The average molecular weight is 285 g/mol. The van der Waals surface area contributed by atoms with Gasteiger partial charge in [0.05, 0.1) is 11.4 Å². The fourth-order valence-electron chi connectivity index (χ4n) is 1.88. The Morgan fingerprint density at radius 2 is 1.90 bits per heavy atom. The third-order valence-corrected chi connectivity index (χ3v) is 2.89. The molecule has 0 spiro atoms. The summed E-state index contributed by atoms with van der Waals surface area (Å²) >= 11 is 0. The first-order chi connectivity index (χ1) is 10.1. The highest BCUT2D eigenvalue weighted by atomic mass is 16.1. The third-order valence-electron chi connectivity index (χ3n) is 2.89. The molecule has 0 saturated heterocycles. The van der Waals surface area contributed by atoms with Crippen molar-refractivity contribution < 1.29 is 4.79 Å². The van der Waals surface area contributed by atoms with E-state index < -0.39 is 0 Å². The van der Waals surface area contributed by atoms with E-state index >= 15 is 0 Å². The largest absolute Gasteiger partial charge is 0.376 e. The van der Waals surface area contributed by atoms with Crippen molar-refractivity contribution in [1.82, 2.24) is 10.2 Å². The summed E-state index contributed by atoms with van der Waals surface area (Å²) in [6, 6.07) is 11.0. The topological polar surface area (TPSA) is 70.2 Å². The van der Waals surface area contributed by atoms with Crippen molar-refractivity contribution in [2.75, 3.05) is 36.2 Å². The van der Waals surface area contributed by atoms with Gasteiger partial charge in [0.25, 0.3) is 5.91 Å². The van der Waals surface area contributed by atoms with Crippen LogP contribution in [0.25, 0.3) is 0 Å². The summed E-state index contributed by atoms with van der Waals surface area (Å²) < 4.78 is 0. The highest BCUT2D eigenvalue weighted by Gasteiger charge is 2.11. The molecule has 21 heavy (non-hydrogen) atoms. The van der Waals surface area contributed by atoms with Crippen LogP contribution in [0.5, 0.6) is 0 Å². The average Bonchev–Trinajstić information content (AvgIpc) is 2.48. The Kier molecular flexibility index (Phi) is 4.71. The molecule has 2 N–H and O–H groups in total. The Hall–Kier alpha value is -2.63. The van der Waals surface area contributed by atoms with Crippen LogP contribution < -0.4 is 15.5 Å². The van der Waals surface area contributed by atoms with Gasteiger partial charge >= 0.3 is 0 Å². The van der Waals surface area contributed by atoms with E-state index in [9.17, 15) is 4.79 Å². The van der Waals surface area contributed by atoms with Crippen LogP contribution >= 0.6 is 0 Å². The molecule has 0 fully saturated rings. The number of hydrogen-bond acceptors (Lipinski definition) is 5. The molecule has 0 unspecified atom stereocenters. The van der Waals surface area contributed by atoms with Gasteiger partial charge in [0.1, 0.15) is 5.82 Å². The van der Waals surface area contributed by atoms with Gasteiger partial charge in [-0.05, 0) is 31.2 Å². The van der Waals surface area contributed by atoms with Crippen LogP contribution in [0, 0.1) is 0 Å². The monoisotopic (exact) mass is 285 g/mol. The molecule has 2 rings (SSSR count). The van der Waals surface area contributed by atoms with Crippen molar-refractivity contribution in [3.05, 3.63) is 42.1 Å². The minimum atomic E-state index is -0.278. The van der Waals surface area contributed by atoms with E-state index in [-0.39, 0.29) is 11.6 Å². The van der Waals surface area contributed by atoms with Gasteiger partial charge in [-0.25, -0.2) is 0 Å². The first kappa shape index (κ1) is 14.8. The molecule has 6 heteroatoms. The molecular formula is C15H19N5O. The summed E-state index contributed by atoms with van der Waals surface area (Å²) in [5.74, 6) is 0.377. The van der Waals surface area contributed by atoms with Crippen LogP contribution in [0.15, 0.2) is 36.4 Å². The maximum atomic E-state index is 12.2. The lowest BCUT2D eigenvalue weighted by atomic mass is 10.2. The lowest BCUT2D eigenvalue weighted by Crippen LogP contribution is -2.18. The van der Waals surface area contributed by atoms with E-state index in [0.717, 1.165) is 17.9 Å². The Labute approximate surface area is 124 Å². The predicted octanol–water partition coefficient (Wildman–Crippen LogP) is 2.23. The van der Waals surface area contributed by atoms with E-state index in [1.807, 2.05) is 50.2 Å². The Morgan fingerprint density at radius 3 is 2.52 bits per heavy atom. The zero-order chi connectivity index (χ0) is 15.2. The van der Waals surface area contributed by atoms with Gasteiger partial charge in [0.15, 0.2) is 5.69 Å². The normalized spacial score (nSPS) is 10.0. The maximum Gasteiger partial charge on any atom is 0.276 e. The number of benzene rings is 1. The summed E-state index contributed by atoms with van der Waals surface area (Å²) in [5, 5.41) is 13.8. The molecule has 1 aromatic heterocycles. The second-order valence-corrected chi connectivity index (χ2v) is 4.70. The van der Waals surface area contributed by atoms with Crippen molar-refractivity contribution in [3.8, 4) is 0 Å². The SMILES string of the molecule is CCNc1ccc(C(=O)Nc2ccccc2N(C)C)nn1. The number of nitrogens with zero attached hydrogens (tertiary/aromatic N) is 3.